The maximum absolute atomic E-state index is 11.5. The third-order valence-corrected chi connectivity index (χ3v) is 3.02. The smallest absolute Gasteiger partial charge is 0.220 e. The number of aliphatic hydroxyl groups is 1. The lowest BCUT2D eigenvalue weighted by Gasteiger charge is -2.26. The van der Waals surface area contributed by atoms with Crippen molar-refractivity contribution in [2.75, 3.05) is 19.6 Å². The number of carbonyl (C=O) groups excluding carboxylic acids is 1. The highest BCUT2D eigenvalue weighted by atomic mass is 16.3. The van der Waals surface area contributed by atoms with Gasteiger partial charge in [-0.2, -0.15) is 0 Å². The van der Waals surface area contributed by atoms with Gasteiger partial charge in [0.05, 0.1) is 6.10 Å². The lowest BCUT2D eigenvalue weighted by atomic mass is 9.99. The third kappa shape index (κ3) is 3.54. The lowest BCUT2D eigenvalue weighted by molar-refractivity contribution is -0.122. The van der Waals surface area contributed by atoms with Crippen molar-refractivity contribution in [2.24, 2.45) is 5.92 Å². The Hall–Kier alpha value is -1.39. The Morgan fingerprint density at radius 3 is 2.71 bits per heavy atom. The van der Waals surface area contributed by atoms with Gasteiger partial charge in [0, 0.05) is 13.0 Å². The van der Waals surface area contributed by atoms with Crippen LogP contribution in [-0.2, 0) is 4.79 Å². The van der Waals surface area contributed by atoms with E-state index in [0.717, 1.165) is 18.7 Å². The molecule has 1 aliphatic heterocycles. The SMILES string of the molecule is O=C(CC1CNC1)NCC(O)c1ccccc1. The monoisotopic (exact) mass is 234 g/mol. The minimum atomic E-state index is -0.625. The van der Waals surface area contributed by atoms with E-state index in [4.69, 9.17) is 0 Å². The zero-order chi connectivity index (χ0) is 12.1. The molecule has 1 aromatic rings. The van der Waals surface area contributed by atoms with Gasteiger partial charge in [-0.3, -0.25) is 4.79 Å². The van der Waals surface area contributed by atoms with E-state index in [-0.39, 0.29) is 12.5 Å². The average Bonchev–Trinajstić information content (AvgIpc) is 2.32. The van der Waals surface area contributed by atoms with E-state index in [2.05, 4.69) is 10.6 Å². The van der Waals surface area contributed by atoms with Crippen molar-refractivity contribution >= 4 is 5.91 Å². The Morgan fingerprint density at radius 2 is 2.12 bits per heavy atom. The van der Waals surface area contributed by atoms with Crippen molar-refractivity contribution in [3.63, 3.8) is 0 Å². The van der Waals surface area contributed by atoms with Gasteiger partial charge >= 0.3 is 0 Å². The van der Waals surface area contributed by atoms with Crippen LogP contribution in [0.1, 0.15) is 18.1 Å². The molecule has 0 saturated carbocycles. The van der Waals surface area contributed by atoms with Gasteiger partial charge in [0.1, 0.15) is 0 Å². The van der Waals surface area contributed by atoms with Gasteiger partial charge in [0.2, 0.25) is 5.91 Å². The van der Waals surface area contributed by atoms with Crippen LogP contribution in [0.25, 0.3) is 0 Å². The van der Waals surface area contributed by atoms with E-state index in [0.29, 0.717) is 12.3 Å². The van der Waals surface area contributed by atoms with Crippen LogP contribution in [0.5, 0.6) is 0 Å². The molecule has 92 valence electrons. The van der Waals surface area contributed by atoms with Crippen LogP contribution >= 0.6 is 0 Å². The Bertz CT molecular complexity index is 363. The van der Waals surface area contributed by atoms with Gasteiger partial charge < -0.3 is 15.7 Å². The molecule has 1 heterocycles. The normalized spacial score (nSPS) is 17.2. The molecule has 4 heteroatoms. The van der Waals surface area contributed by atoms with Crippen molar-refractivity contribution < 1.29 is 9.90 Å². The van der Waals surface area contributed by atoms with Crippen LogP contribution in [0.15, 0.2) is 30.3 Å². The van der Waals surface area contributed by atoms with Crippen molar-refractivity contribution in [3.05, 3.63) is 35.9 Å². The second-order valence-corrected chi connectivity index (χ2v) is 4.46. The van der Waals surface area contributed by atoms with Gasteiger partial charge in [-0.15, -0.1) is 0 Å². The number of hydrogen-bond acceptors (Lipinski definition) is 3. The van der Waals surface area contributed by atoms with E-state index in [1.54, 1.807) is 0 Å². The summed E-state index contributed by atoms with van der Waals surface area (Å²) < 4.78 is 0. The standard InChI is InChI=1S/C13H18N2O2/c16-12(11-4-2-1-3-5-11)9-15-13(17)6-10-7-14-8-10/h1-5,10,12,14,16H,6-9H2,(H,15,17). The molecule has 0 radical (unpaired) electrons. The summed E-state index contributed by atoms with van der Waals surface area (Å²) in [5.74, 6) is 0.482. The number of carbonyl (C=O) groups is 1. The summed E-state index contributed by atoms with van der Waals surface area (Å²) in [7, 11) is 0. The van der Waals surface area contributed by atoms with Crippen molar-refractivity contribution in [3.8, 4) is 0 Å². The highest BCUT2D eigenvalue weighted by Crippen LogP contribution is 2.11. The second kappa shape index (κ2) is 5.80. The highest BCUT2D eigenvalue weighted by molar-refractivity contribution is 5.76. The van der Waals surface area contributed by atoms with E-state index >= 15 is 0 Å². The van der Waals surface area contributed by atoms with Crippen molar-refractivity contribution in [1.82, 2.24) is 10.6 Å². The fourth-order valence-corrected chi connectivity index (χ4v) is 1.83. The Labute approximate surface area is 101 Å². The van der Waals surface area contributed by atoms with Crippen LogP contribution < -0.4 is 10.6 Å². The number of nitrogens with one attached hydrogen (secondary N) is 2. The van der Waals surface area contributed by atoms with Gasteiger partial charge in [0.25, 0.3) is 0 Å². The largest absolute Gasteiger partial charge is 0.387 e. The van der Waals surface area contributed by atoms with Crippen LogP contribution in [0, 0.1) is 5.92 Å². The van der Waals surface area contributed by atoms with Crippen molar-refractivity contribution in [1.29, 1.82) is 0 Å². The predicted molar refractivity (Wildman–Crippen MR) is 65.4 cm³/mol. The summed E-state index contributed by atoms with van der Waals surface area (Å²) in [6.07, 6.45) is -0.0752. The molecule has 3 N–H and O–H groups in total. The summed E-state index contributed by atoms with van der Waals surface area (Å²) in [6.45, 7) is 2.13. The first-order valence-electron chi connectivity index (χ1n) is 5.96. The lowest BCUT2D eigenvalue weighted by Crippen LogP contribution is -2.44. The predicted octanol–water partition coefficient (Wildman–Crippen LogP) is 0.446. The van der Waals surface area contributed by atoms with Gasteiger partial charge in [-0.05, 0) is 24.6 Å². The first kappa shape index (κ1) is 12.1. The molecule has 1 aliphatic rings. The molecular formula is C13H18N2O2. The minimum absolute atomic E-state index is 0.0199. The Balaban J connectivity index is 1.72. The average molecular weight is 234 g/mol. The van der Waals surface area contributed by atoms with E-state index in [1.165, 1.54) is 0 Å². The summed E-state index contributed by atoms with van der Waals surface area (Å²) in [5, 5.41) is 15.7. The Kier molecular flexibility index (Phi) is 4.12. The zero-order valence-electron chi connectivity index (χ0n) is 9.73. The molecule has 1 unspecified atom stereocenters. The van der Waals surface area contributed by atoms with Crippen LogP contribution in [-0.4, -0.2) is 30.6 Å². The Morgan fingerprint density at radius 1 is 1.41 bits per heavy atom. The minimum Gasteiger partial charge on any atom is -0.387 e. The maximum atomic E-state index is 11.5. The molecular weight excluding hydrogens is 216 g/mol. The first-order chi connectivity index (χ1) is 8.25. The molecule has 4 nitrogen and oxygen atoms in total. The third-order valence-electron chi connectivity index (χ3n) is 3.02. The molecule has 0 spiro atoms. The summed E-state index contributed by atoms with van der Waals surface area (Å²) in [6, 6.07) is 9.36. The molecule has 1 atom stereocenters. The molecule has 1 amide bonds. The van der Waals surface area contributed by atoms with E-state index in [1.807, 2.05) is 30.3 Å². The summed E-state index contributed by atoms with van der Waals surface area (Å²) in [4.78, 5) is 11.5. The molecule has 0 aromatic heterocycles. The fourth-order valence-electron chi connectivity index (χ4n) is 1.83. The van der Waals surface area contributed by atoms with Crippen LogP contribution in [0.3, 0.4) is 0 Å². The molecule has 1 fully saturated rings. The molecule has 0 bridgehead atoms. The zero-order valence-corrected chi connectivity index (χ0v) is 9.73. The molecule has 17 heavy (non-hydrogen) atoms. The van der Waals surface area contributed by atoms with Gasteiger partial charge in [0.15, 0.2) is 0 Å². The van der Waals surface area contributed by atoms with Gasteiger partial charge in [-0.25, -0.2) is 0 Å². The van der Waals surface area contributed by atoms with E-state index in [9.17, 15) is 9.90 Å². The number of amides is 1. The number of hydrogen-bond donors (Lipinski definition) is 3. The van der Waals surface area contributed by atoms with Crippen molar-refractivity contribution in [2.45, 2.75) is 12.5 Å². The summed E-state index contributed by atoms with van der Waals surface area (Å²) >= 11 is 0. The quantitative estimate of drug-likeness (QED) is 0.693. The summed E-state index contributed by atoms with van der Waals surface area (Å²) in [5.41, 5.74) is 0.832. The molecule has 1 aromatic carbocycles. The first-order valence-corrected chi connectivity index (χ1v) is 5.96. The molecule has 2 rings (SSSR count). The van der Waals surface area contributed by atoms with Crippen LogP contribution in [0.4, 0.5) is 0 Å². The van der Waals surface area contributed by atoms with Crippen LogP contribution in [0.2, 0.25) is 0 Å². The number of benzene rings is 1. The molecule has 0 aliphatic carbocycles. The maximum Gasteiger partial charge on any atom is 0.220 e. The van der Waals surface area contributed by atoms with E-state index < -0.39 is 6.10 Å². The number of aliphatic hydroxyl groups excluding tert-OH is 1. The fraction of sp³-hybridized carbons (Fsp3) is 0.462. The highest BCUT2D eigenvalue weighted by Gasteiger charge is 2.20. The molecule has 1 saturated heterocycles. The topological polar surface area (TPSA) is 61.4 Å². The van der Waals surface area contributed by atoms with Gasteiger partial charge in [-0.1, -0.05) is 30.3 Å². The second-order valence-electron chi connectivity index (χ2n) is 4.46. The number of rotatable bonds is 5.